The molecule has 0 N–H and O–H groups in total. The molecule has 5 rings (SSSR count). The molecule has 0 saturated carbocycles. The van der Waals surface area contributed by atoms with E-state index >= 15 is 0 Å². The summed E-state index contributed by atoms with van der Waals surface area (Å²) < 4.78 is 24.7. The highest BCUT2D eigenvalue weighted by Gasteiger charge is 2.35. The zero-order valence-electron chi connectivity index (χ0n) is 26.7. The number of benzene rings is 3. The monoisotopic (exact) mass is 674 g/mol. The molecular weight excluding hydrogens is 640 g/mol. The van der Waals surface area contributed by atoms with E-state index in [2.05, 4.69) is 4.99 Å². The van der Waals surface area contributed by atoms with Crippen molar-refractivity contribution in [1.29, 1.82) is 0 Å². The molecule has 47 heavy (non-hydrogen) atoms. The lowest BCUT2D eigenvalue weighted by atomic mass is 9.95. The van der Waals surface area contributed by atoms with Crippen molar-refractivity contribution in [2.75, 3.05) is 13.2 Å². The lowest BCUT2D eigenvalue weighted by Gasteiger charge is -2.26. The first-order chi connectivity index (χ1) is 22.6. The van der Waals surface area contributed by atoms with Gasteiger partial charge in [0.1, 0.15) is 24.1 Å². The molecule has 4 aromatic rings. The average Bonchev–Trinajstić information content (AvgIpc) is 3.34. The van der Waals surface area contributed by atoms with Crippen LogP contribution in [-0.2, 0) is 20.9 Å². The van der Waals surface area contributed by atoms with E-state index in [1.54, 1.807) is 69.3 Å². The molecule has 0 saturated heterocycles. The average molecular weight is 675 g/mol. The molecule has 0 radical (unpaired) electrons. The maximum atomic E-state index is 14.2. The van der Waals surface area contributed by atoms with Crippen LogP contribution >= 0.6 is 22.9 Å². The fraction of sp³-hybridized carbons (Fsp3) is 0.278. The second-order valence-electron chi connectivity index (χ2n) is 10.9. The minimum Gasteiger partial charge on any atom is -0.491 e. The van der Waals surface area contributed by atoms with Crippen LogP contribution in [0.2, 0.25) is 5.02 Å². The highest BCUT2D eigenvalue weighted by atomic mass is 35.5. The van der Waals surface area contributed by atoms with Gasteiger partial charge in [-0.2, -0.15) is 0 Å². The van der Waals surface area contributed by atoms with Crippen molar-refractivity contribution in [1.82, 2.24) is 4.57 Å². The van der Waals surface area contributed by atoms with Gasteiger partial charge in [0.05, 0.1) is 40.7 Å². The van der Waals surface area contributed by atoms with Crippen LogP contribution in [0.15, 0.2) is 87.8 Å². The molecular formula is C36H35ClN2O7S. The molecule has 0 spiro atoms. The third kappa shape index (κ3) is 7.50. The molecule has 0 amide bonds. The number of hydrogen-bond acceptors (Lipinski definition) is 9. The van der Waals surface area contributed by atoms with Gasteiger partial charge in [-0.3, -0.25) is 9.36 Å². The number of rotatable bonds is 11. The third-order valence-electron chi connectivity index (χ3n) is 7.21. The van der Waals surface area contributed by atoms with E-state index in [9.17, 15) is 14.4 Å². The molecule has 9 nitrogen and oxygen atoms in total. The Morgan fingerprint density at radius 2 is 1.68 bits per heavy atom. The summed E-state index contributed by atoms with van der Waals surface area (Å²) in [7, 11) is 0. The molecule has 3 aromatic carbocycles. The lowest BCUT2D eigenvalue weighted by Crippen LogP contribution is -2.40. The van der Waals surface area contributed by atoms with Crippen LogP contribution in [0.4, 0.5) is 0 Å². The van der Waals surface area contributed by atoms with Crippen LogP contribution in [0.1, 0.15) is 67.7 Å². The largest absolute Gasteiger partial charge is 0.491 e. The van der Waals surface area contributed by atoms with Gasteiger partial charge in [-0.1, -0.05) is 53.3 Å². The first-order valence-electron chi connectivity index (χ1n) is 15.2. The van der Waals surface area contributed by atoms with Crippen LogP contribution in [-0.4, -0.2) is 35.8 Å². The Morgan fingerprint density at radius 1 is 0.979 bits per heavy atom. The predicted octanol–water partition coefficient (Wildman–Crippen LogP) is 5.99. The molecule has 0 fully saturated rings. The second kappa shape index (κ2) is 14.8. The van der Waals surface area contributed by atoms with Gasteiger partial charge in [-0.05, 0) is 82.7 Å². The van der Waals surface area contributed by atoms with Gasteiger partial charge in [0.2, 0.25) is 0 Å². The molecule has 2 heterocycles. The summed E-state index contributed by atoms with van der Waals surface area (Å²) >= 11 is 7.59. The molecule has 1 aromatic heterocycles. The smallest absolute Gasteiger partial charge is 0.338 e. The third-order valence-corrected chi connectivity index (χ3v) is 8.43. The molecule has 0 bridgehead atoms. The van der Waals surface area contributed by atoms with Crippen LogP contribution in [0.3, 0.4) is 0 Å². The van der Waals surface area contributed by atoms with Crippen LogP contribution in [0, 0.1) is 0 Å². The van der Waals surface area contributed by atoms with Gasteiger partial charge in [-0.25, -0.2) is 14.6 Å². The quantitative estimate of drug-likeness (QED) is 0.180. The van der Waals surface area contributed by atoms with Crippen molar-refractivity contribution in [2.24, 2.45) is 4.99 Å². The zero-order valence-corrected chi connectivity index (χ0v) is 28.3. The Labute approximate surface area is 281 Å². The SMILES string of the molecule is CCOC(=O)C1=C(C)N=c2s/c(=C\c3cc(Cl)ccc3OCc3ccc(C(=O)OCC)cc3)c(=O)n2[C@@H]1c1ccccc1OC(C)C. The number of esters is 2. The fourth-order valence-electron chi connectivity index (χ4n) is 5.17. The summed E-state index contributed by atoms with van der Waals surface area (Å²) in [5.41, 5.74) is 2.92. The lowest BCUT2D eigenvalue weighted by molar-refractivity contribution is -0.139. The molecule has 0 unspecified atom stereocenters. The highest BCUT2D eigenvalue weighted by Crippen LogP contribution is 2.36. The van der Waals surface area contributed by atoms with Crippen LogP contribution in [0.25, 0.3) is 6.08 Å². The van der Waals surface area contributed by atoms with Gasteiger partial charge in [0.25, 0.3) is 5.56 Å². The summed E-state index contributed by atoms with van der Waals surface area (Å²) in [5, 5.41) is 0.466. The molecule has 1 aliphatic heterocycles. The number of thiazole rings is 1. The summed E-state index contributed by atoms with van der Waals surface area (Å²) in [5.74, 6) is 0.127. The van der Waals surface area contributed by atoms with E-state index in [-0.39, 0.29) is 36.4 Å². The number of nitrogens with zero attached hydrogens (tertiary/aromatic N) is 2. The molecule has 0 aliphatic carbocycles. The predicted molar refractivity (Wildman–Crippen MR) is 181 cm³/mol. The summed E-state index contributed by atoms with van der Waals surface area (Å²) in [6.07, 6.45) is 1.58. The van der Waals surface area contributed by atoms with E-state index in [4.69, 9.17) is 30.5 Å². The maximum absolute atomic E-state index is 14.2. The number of hydrogen-bond donors (Lipinski definition) is 0. The minimum absolute atomic E-state index is 0.139. The Balaban J connectivity index is 1.57. The Kier molecular flexibility index (Phi) is 10.6. The first kappa shape index (κ1) is 33.7. The zero-order chi connectivity index (χ0) is 33.7. The first-order valence-corrected chi connectivity index (χ1v) is 16.4. The summed E-state index contributed by atoms with van der Waals surface area (Å²) in [4.78, 5) is 44.7. The van der Waals surface area contributed by atoms with Crippen LogP contribution in [0.5, 0.6) is 11.5 Å². The highest BCUT2D eigenvalue weighted by molar-refractivity contribution is 7.07. The number of para-hydroxylation sites is 1. The second-order valence-corrected chi connectivity index (χ2v) is 12.3. The number of carbonyl (C=O) groups is 2. The van der Waals surface area contributed by atoms with E-state index < -0.39 is 12.0 Å². The Morgan fingerprint density at radius 3 is 2.38 bits per heavy atom. The number of halogens is 1. The molecule has 244 valence electrons. The van der Waals surface area contributed by atoms with Crippen molar-refractivity contribution in [2.45, 2.75) is 53.4 Å². The minimum atomic E-state index is -0.824. The van der Waals surface area contributed by atoms with Gasteiger partial charge in [0.15, 0.2) is 4.80 Å². The number of ether oxygens (including phenoxy) is 4. The summed E-state index contributed by atoms with van der Waals surface area (Å²) in [6, 6.07) is 18.7. The van der Waals surface area contributed by atoms with Gasteiger partial charge < -0.3 is 18.9 Å². The van der Waals surface area contributed by atoms with Gasteiger partial charge >= 0.3 is 11.9 Å². The molecule has 1 aliphatic rings. The number of carbonyl (C=O) groups excluding carboxylic acids is 2. The van der Waals surface area contributed by atoms with E-state index in [1.165, 1.54) is 15.9 Å². The van der Waals surface area contributed by atoms with Crippen molar-refractivity contribution in [3.63, 3.8) is 0 Å². The normalized spacial score (nSPS) is 14.4. The summed E-state index contributed by atoms with van der Waals surface area (Å²) in [6.45, 7) is 9.74. The Hall–Kier alpha value is -4.67. The number of allylic oxidation sites excluding steroid dienone is 1. The maximum Gasteiger partial charge on any atom is 0.338 e. The number of fused-ring (bicyclic) bond motifs is 1. The molecule has 11 heteroatoms. The topological polar surface area (TPSA) is 105 Å². The van der Waals surface area contributed by atoms with E-state index in [1.807, 2.05) is 38.1 Å². The van der Waals surface area contributed by atoms with E-state index in [0.717, 1.165) is 5.56 Å². The fourth-order valence-corrected chi connectivity index (χ4v) is 6.39. The van der Waals surface area contributed by atoms with Crippen LogP contribution < -0.4 is 24.4 Å². The van der Waals surface area contributed by atoms with Crippen molar-refractivity contribution < 1.29 is 28.5 Å². The van der Waals surface area contributed by atoms with Crippen molar-refractivity contribution in [3.05, 3.63) is 125 Å². The standard InChI is InChI=1S/C36H35ClN2O7S/c1-6-43-34(41)24-14-12-23(13-15-24)20-45-28-17-16-26(37)18-25(28)19-30-33(40)39-32(27-10-8-9-11-29(27)46-21(3)4)31(35(42)44-7-2)22(5)38-36(39)47-30/h8-19,21,32H,6-7,20H2,1-5H3/b30-19-/t32-/m1/s1. The molecule has 1 atom stereocenters. The van der Waals surface area contributed by atoms with Crippen molar-refractivity contribution >= 4 is 41.0 Å². The van der Waals surface area contributed by atoms with Crippen molar-refractivity contribution in [3.8, 4) is 11.5 Å². The number of aromatic nitrogens is 1. The Bertz CT molecular complexity index is 2010. The van der Waals surface area contributed by atoms with Gasteiger partial charge in [0, 0.05) is 16.1 Å². The van der Waals surface area contributed by atoms with E-state index in [0.29, 0.717) is 54.8 Å². The van der Waals surface area contributed by atoms with Gasteiger partial charge in [-0.15, -0.1) is 0 Å².